The smallest absolute Gasteiger partial charge is 0.262 e. The summed E-state index contributed by atoms with van der Waals surface area (Å²) in [5.74, 6) is -0.147. The molecule has 2 saturated heterocycles. The number of nitrogens with zero attached hydrogens (tertiary/aromatic N) is 2. The molecule has 2 aliphatic heterocycles. The molecule has 2 heterocycles. The predicted octanol–water partition coefficient (Wildman–Crippen LogP) is 2.19. The number of methoxy groups -OCH3 is 1. The van der Waals surface area contributed by atoms with Gasteiger partial charge in [-0.2, -0.15) is 4.99 Å². The molecule has 10 heteroatoms. The maximum atomic E-state index is 12.0. The number of hydrogen-bond acceptors (Lipinski definition) is 5. The first-order valence-corrected chi connectivity index (χ1v) is 10.6. The van der Waals surface area contributed by atoms with Crippen LogP contribution < -0.4 is 9.64 Å². The quantitative estimate of drug-likeness (QED) is 0.713. The fraction of sp³-hybridized carbons (Fsp3) is 0.429. The SMILES string of the molecule is COc1ccc(Cl)cc1N1C(=NC(=O)CCl)S[C@@H]2CS(=O)(=O)C[C@@H]21. The lowest BCUT2D eigenvalue weighted by molar-refractivity contribution is -0.115. The summed E-state index contributed by atoms with van der Waals surface area (Å²) in [5.41, 5.74) is 0.586. The highest BCUT2D eigenvalue weighted by molar-refractivity contribution is 8.16. The van der Waals surface area contributed by atoms with Crippen molar-refractivity contribution in [1.82, 2.24) is 0 Å². The van der Waals surface area contributed by atoms with Crippen LogP contribution in [0.5, 0.6) is 5.75 Å². The Morgan fingerprint density at radius 3 is 2.88 bits per heavy atom. The molecule has 1 amide bonds. The van der Waals surface area contributed by atoms with E-state index in [9.17, 15) is 13.2 Å². The number of anilines is 1. The van der Waals surface area contributed by atoms with Gasteiger partial charge in [0.05, 0.1) is 30.3 Å². The molecule has 0 N–H and O–H groups in total. The first-order valence-electron chi connectivity index (χ1n) is 7.02. The van der Waals surface area contributed by atoms with E-state index in [1.54, 1.807) is 23.1 Å². The lowest BCUT2D eigenvalue weighted by Crippen LogP contribution is -2.38. The number of aliphatic imine (C=N–C) groups is 1. The molecular weight excluding hydrogens is 395 g/mol. The number of thioether (sulfide) groups is 1. The Morgan fingerprint density at radius 1 is 1.46 bits per heavy atom. The highest BCUT2D eigenvalue weighted by atomic mass is 35.5. The van der Waals surface area contributed by atoms with E-state index in [1.165, 1.54) is 18.9 Å². The van der Waals surface area contributed by atoms with E-state index < -0.39 is 15.7 Å². The third-order valence-electron chi connectivity index (χ3n) is 3.80. The zero-order chi connectivity index (χ0) is 17.5. The molecule has 3 rings (SSSR count). The van der Waals surface area contributed by atoms with Gasteiger partial charge in [-0.05, 0) is 18.2 Å². The summed E-state index contributed by atoms with van der Waals surface area (Å²) in [5, 5.41) is 0.704. The van der Waals surface area contributed by atoms with Crippen molar-refractivity contribution in [1.29, 1.82) is 0 Å². The van der Waals surface area contributed by atoms with Crippen LogP contribution in [0.15, 0.2) is 23.2 Å². The summed E-state index contributed by atoms with van der Waals surface area (Å²) >= 11 is 12.9. The van der Waals surface area contributed by atoms with E-state index in [0.29, 0.717) is 21.6 Å². The minimum Gasteiger partial charge on any atom is -0.495 e. The van der Waals surface area contributed by atoms with Crippen LogP contribution in [0.1, 0.15) is 0 Å². The number of halogens is 2. The molecule has 0 unspecified atom stereocenters. The zero-order valence-corrected chi connectivity index (χ0v) is 15.8. The van der Waals surface area contributed by atoms with Crippen molar-refractivity contribution in [3.63, 3.8) is 0 Å². The molecule has 0 aliphatic carbocycles. The summed E-state index contributed by atoms with van der Waals surface area (Å²) in [7, 11) is -1.62. The molecule has 1 aromatic rings. The van der Waals surface area contributed by atoms with Gasteiger partial charge in [0.15, 0.2) is 15.0 Å². The Morgan fingerprint density at radius 2 is 2.21 bits per heavy atom. The molecule has 130 valence electrons. The number of sulfone groups is 1. The molecule has 24 heavy (non-hydrogen) atoms. The Kier molecular flexibility index (Phi) is 5.01. The number of fused-ring (bicyclic) bond motifs is 1. The van der Waals surface area contributed by atoms with Gasteiger partial charge in [-0.25, -0.2) is 8.42 Å². The van der Waals surface area contributed by atoms with E-state index in [-0.39, 0.29) is 28.7 Å². The predicted molar refractivity (Wildman–Crippen MR) is 97.5 cm³/mol. The van der Waals surface area contributed by atoms with Gasteiger partial charge in [-0.15, -0.1) is 11.6 Å². The number of amidine groups is 1. The maximum Gasteiger partial charge on any atom is 0.262 e. The van der Waals surface area contributed by atoms with E-state index in [2.05, 4.69) is 4.99 Å². The minimum atomic E-state index is -3.14. The summed E-state index contributed by atoms with van der Waals surface area (Å²) in [6, 6.07) is 4.72. The molecule has 2 atom stereocenters. The van der Waals surface area contributed by atoms with Crippen molar-refractivity contribution >= 4 is 61.6 Å². The Balaban J connectivity index is 2.10. The van der Waals surface area contributed by atoms with Crippen LogP contribution in [0.2, 0.25) is 5.02 Å². The Bertz CT molecular complexity index is 813. The van der Waals surface area contributed by atoms with Crippen LogP contribution >= 0.6 is 35.0 Å². The lowest BCUT2D eigenvalue weighted by Gasteiger charge is -2.26. The van der Waals surface area contributed by atoms with Crippen molar-refractivity contribution in [3.05, 3.63) is 23.2 Å². The summed E-state index contributed by atoms with van der Waals surface area (Å²) in [6.45, 7) is 0. The molecule has 0 spiro atoms. The fourth-order valence-corrected chi connectivity index (χ4v) is 6.98. The van der Waals surface area contributed by atoms with Gasteiger partial charge >= 0.3 is 0 Å². The summed E-state index contributed by atoms with van der Waals surface area (Å²) in [6.07, 6.45) is 0. The molecular formula is C14H14Cl2N2O4S2. The van der Waals surface area contributed by atoms with E-state index in [1.807, 2.05) is 0 Å². The van der Waals surface area contributed by atoms with Crippen LogP contribution in [-0.2, 0) is 14.6 Å². The van der Waals surface area contributed by atoms with Gasteiger partial charge in [0, 0.05) is 10.3 Å². The largest absolute Gasteiger partial charge is 0.495 e. The molecule has 2 aliphatic rings. The second kappa shape index (κ2) is 6.74. The highest BCUT2D eigenvalue weighted by Crippen LogP contribution is 2.44. The maximum absolute atomic E-state index is 12.0. The normalized spacial score (nSPS) is 26.6. The molecule has 6 nitrogen and oxygen atoms in total. The third-order valence-corrected chi connectivity index (χ3v) is 7.48. The van der Waals surface area contributed by atoms with Gasteiger partial charge in [-0.3, -0.25) is 4.79 Å². The second-order valence-corrected chi connectivity index (χ2v) is 9.47. The number of ether oxygens (including phenoxy) is 1. The molecule has 1 aromatic carbocycles. The molecule has 0 radical (unpaired) electrons. The van der Waals surface area contributed by atoms with Crippen LogP contribution in [-0.4, -0.2) is 55.3 Å². The van der Waals surface area contributed by atoms with E-state index in [0.717, 1.165) is 0 Å². The first kappa shape index (κ1) is 17.8. The van der Waals surface area contributed by atoms with Crippen LogP contribution in [0, 0.1) is 0 Å². The Labute approximate surface area is 154 Å². The van der Waals surface area contributed by atoms with Crippen molar-refractivity contribution in [2.75, 3.05) is 29.4 Å². The summed E-state index contributed by atoms with van der Waals surface area (Å²) < 4.78 is 29.4. The topological polar surface area (TPSA) is 76.0 Å². The van der Waals surface area contributed by atoms with Crippen molar-refractivity contribution in [2.24, 2.45) is 4.99 Å². The van der Waals surface area contributed by atoms with E-state index in [4.69, 9.17) is 27.9 Å². The second-order valence-electron chi connectivity index (χ2n) is 5.41. The molecule has 2 fully saturated rings. The number of benzene rings is 1. The monoisotopic (exact) mass is 408 g/mol. The molecule has 0 aromatic heterocycles. The number of alkyl halides is 1. The van der Waals surface area contributed by atoms with Gasteiger partial charge < -0.3 is 9.64 Å². The zero-order valence-electron chi connectivity index (χ0n) is 12.6. The van der Waals surface area contributed by atoms with Crippen molar-refractivity contribution in [3.8, 4) is 5.75 Å². The van der Waals surface area contributed by atoms with Gasteiger partial charge in [0.1, 0.15) is 11.6 Å². The fourth-order valence-electron chi connectivity index (χ4n) is 2.83. The van der Waals surface area contributed by atoms with Gasteiger partial charge in [-0.1, -0.05) is 23.4 Å². The standard InChI is InChI=1S/C14H14Cl2N2O4S2/c1-22-11-3-2-8(16)4-9(11)18-10-6-24(20,21)7-12(10)23-14(18)17-13(19)5-15/h2-4,10,12H,5-7H2,1H3/t10-,12+/m0/s1. The number of hydrogen-bond donors (Lipinski definition) is 0. The number of carbonyl (C=O) groups is 1. The number of amides is 1. The van der Waals surface area contributed by atoms with Gasteiger partial charge in [0.25, 0.3) is 5.91 Å². The third kappa shape index (κ3) is 3.37. The molecule has 0 bridgehead atoms. The number of rotatable bonds is 3. The number of carbonyl (C=O) groups excluding carboxylic acids is 1. The van der Waals surface area contributed by atoms with Crippen LogP contribution in [0.3, 0.4) is 0 Å². The lowest BCUT2D eigenvalue weighted by atomic mass is 10.2. The Hall–Kier alpha value is -0.960. The van der Waals surface area contributed by atoms with Crippen molar-refractivity contribution < 1.29 is 17.9 Å². The highest BCUT2D eigenvalue weighted by Gasteiger charge is 2.50. The average Bonchev–Trinajstić information content (AvgIpc) is 2.97. The van der Waals surface area contributed by atoms with Crippen LogP contribution in [0.4, 0.5) is 5.69 Å². The summed E-state index contributed by atoms with van der Waals surface area (Å²) in [4.78, 5) is 17.4. The first-order chi connectivity index (χ1) is 11.3. The van der Waals surface area contributed by atoms with E-state index >= 15 is 0 Å². The molecule has 0 saturated carbocycles. The van der Waals surface area contributed by atoms with Crippen LogP contribution in [0.25, 0.3) is 0 Å². The van der Waals surface area contributed by atoms with Gasteiger partial charge in [0.2, 0.25) is 0 Å². The minimum absolute atomic E-state index is 0.00554. The van der Waals surface area contributed by atoms with Crippen molar-refractivity contribution in [2.45, 2.75) is 11.3 Å². The average molecular weight is 409 g/mol.